The van der Waals surface area contributed by atoms with Gasteiger partial charge < -0.3 is 4.74 Å². The molecule has 0 spiro atoms. The van der Waals surface area contributed by atoms with Crippen molar-refractivity contribution < 1.29 is 23.5 Å². The Kier molecular flexibility index (Phi) is 8.76. The Balaban J connectivity index is 0.000000232. The van der Waals surface area contributed by atoms with E-state index < -0.39 is 20.3 Å². The number of benzene rings is 2. The summed E-state index contributed by atoms with van der Waals surface area (Å²) in [7, 11) is -2.73. The van der Waals surface area contributed by atoms with Gasteiger partial charge in [0.15, 0.2) is 0 Å². The quantitative estimate of drug-likeness (QED) is 0.661. The van der Waals surface area contributed by atoms with Crippen LogP contribution in [0.2, 0.25) is 0 Å². The Hall–Kier alpha value is -2.07. The summed E-state index contributed by atoms with van der Waals surface area (Å²) in [6.07, 6.45) is -0.983. The van der Waals surface area contributed by atoms with E-state index in [9.17, 15) is 9.36 Å². The molecule has 0 heterocycles. The van der Waals surface area contributed by atoms with Crippen LogP contribution >= 0.6 is 8.25 Å². The molecule has 122 valence electrons. The molecule has 0 aliphatic rings. The highest BCUT2D eigenvalue weighted by atomic mass is 31.1. The minimum absolute atomic E-state index is 0.231. The van der Waals surface area contributed by atoms with Crippen molar-refractivity contribution in [3.05, 3.63) is 60.7 Å². The lowest BCUT2D eigenvalue weighted by molar-refractivity contribution is -0.150. The predicted octanol–water partition coefficient (Wildman–Crippen LogP) is 3.96. The highest BCUT2D eigenvalue weighted by Gasteiger charge is 2.26. The summed E-state index contributed by atoms with van der Waals surface area (Å²) in [4.78, 5) is 18.9. The van der Waals surface area contributed by atoms with Gasteiger partial charge in [0.05, 0.1) is 6.61 Å². The fourth-order valence-corrected chi connectivity index (χ4v) is 2.06. The third-order valence-corrected chi connectivity index (χ3v) is 3.24. The molecule has 0 saturated carbocycles. The van der Waals surface area contributed by atoms with Gasteiger partial charge in [-0.05, 0) is 25.0 Å². The van der Waals surface area contributed by atoms with Crippen LogP contribution in [0.3, 0.4) is 0 Å². The molecule has 5 nitrogen and oxygen atoms in total. The van der Waals surface area contributed by atoms with E-state index in [1.807, 2.05) is 12.1 Å². The number of carbonyl (C=O) groups excluding carboxylic acids is 1. The van der Waals surface area contributed by atoms with Gasteiger partial charge in [0.1, 0.15) is 0 Å². The largest absolute Gasteiger partial charge is 0.695 e. The first-order valence-electron chi connectivity index (χ1n) is 7.14. The van der Waals surface area contributed by atoms with E-state index in [-0.39, 0.29) is 6.61 Å². The molecule has 6 heteroatoms. The van der Waals surface area contributed by atoms with Crippen LogP contribution in [-0.4, -0.2) is 23.6 Å². The van der Waals surface area contributed by atoms with Crippen molar-refractivity contribution >= 4 is 14.2 Å². The first-order valence-corrected chi connectivity index (χ1v) is 8.27. The summed E-state index contributed by atoms with van der Waals surface area (Å²) in [5.74, 6) is -0.634. The molecule has 0 fully saturated rings. The van der Waals surface area contributed by atoms with E-state index in [1.54, 1.807) is 6.92 Å². The third-order valence-electron chi connectivity index (χ3n) is 2.75. The number of ether oxygens (including phenoxy) is 1. The van der Waals surface area contributed by atoms with Crippen molar-refractivity contribution in [3.8, 4) is 11.1 Å². The average molecular weight is 335 g/mol. The second-order valence-electron chi connectivity index (χ2n) is 4.47. The third kappa shape index (κ3) is 7.66. The van der Waals surface area contributed by atoms with E-state index in [0.29, 0.717) is 0 Å². The lowest BCUT2D eigenvalue weighted by Crippen LogP contribution is -2.20. The molecule has 2 unspecified atom stereocenters. The molecule has 2 aromatic rings. The highest BCUT2D eigenvalue weighted by Crippen LogP contribution is 2.18. The van der Waals surface area contributed by atoms with Crippen molar-refractivity contribution in [1.29, 1.82) is 0 Å². The van der Waals surface area contributed by atoms with Gasteiger partial charge in [-0.2, -0.15) is 0 Å². The van der Waals surface area contributed by atoms with E-state index >= 15 is 0 Å². The summed E-state index contributed by atoms with van der Waals surface area (Å²) in [5, 5.41) is 0. The molecule has 2 atom stereocenters. The smallest absolute Gasteiger partial charge is 0.464 e. The second-order valence-corrected chi connectivity index (χ2v) is 5.16. The van der Waals surface area contributed by atoms with Crippen LogP contribution in [0.5, 0.6) is 0 Å². The summed E-state index contributed by atoms with van der Waals surface area (Å²) in [6, 6.07) is 20.8. The minimum atomic E-state index is -2.73. The van der Waals surface area contributed by atoms with Gasteiger partial charge >= 0.3 is 14.2 Å². The topological polar surface area (TPSA) is 72.8 Å². The number of esters is 1. The van der Waals surface area contributed by atoms with Crippen LogP contribution < -0.4 is 0 Å². The molecule has 0 saturated heterocycles. The monoisotopic (exact) mass is 335 g/mol. The zero-order valence-electron chi connectivity index (χ0n) is 13.1. The fraction of sp³-hybridized carbons (Fsp3) is 0.235. The van der Waals surface area contributed by atoms with Crippen LogP contribution in [0, 0.1) is 0 Å². The lowest BCUT2D eigenvalue weighted by atomic mass is 10.1. The Morgan fingerprint density at radius 3 is 1.83 bits per heavy atom. The first-order chi connectivity index (χ1) is 11.0. The van der Waals surface area contributed by atoms with Crippen LogP contribution in [0.1, 0.15) is 13.8 Å². The van der Waals surface area contributed by atoms with Crippen molar-refractivity contribution in [2.45, 2.75) is 20.0 Å². The molecule has 1 N–H and O–H groups in total. The molecule has 0 aliphatic carbocycles. The Bertz CT molecular complexity index is 563. The average Bonchev–Trinajstić information content (AvgIpc) is 2.57. The van der Waals surface area contributed by atoms with Gasteiger partial charge in [-0.3, -0.25) is 0 Å². The molecule has 0 aliphatic heterocycles. The SMILES string of the molecule is CCOC(=O)C(C)O[P+](=O)O.c1ccc(-c2ccccc2)cc1. The maximum Gasteiger partial charge on any atom is 0.695 e. The molecule has 0 radical (unpaired) electrons. The van der Waals surface area contributed by atoms with E-state index in [0.717, 1.165) is 0 Å². The second kappa shape index (κ2) is 10.6. The van der Waals surface area contributed by atoms with Gasteiger partial charge in [-0.25, -0.2) is 4.79 Å². The lowest BCUT2D eigenvalue weighted by Gasteiger charge is -2.01. The van der Waals surface area contributed by atoms with E-state index in [4.69, 9.17) is 4.89 Å². The van der Waals surface area contributed by atoms with Crippen LogP contribution in [0.25, 0.3) is 11.1 Å². The Morgan fingerprint density at radius 2 is 1.48 bits per heavy atom. The van der Waals surface area contributed by atoms with Gasteiger partial charge in [0.2, 0.25) is 6.10 Å². The van der Waals surface area contributed by atoms with Crippen molar-refractivity contribution in [3.63, 3.8) is 0 Å². The Morgan fingerprint density at radius 1 is 1.04 bits per heavy atom. The van der Waals surface area contributed by atoms with Gasteiger partial charge in [-0.1, -0.05) is 60.7 Å². The first kappa shape index (κ1) is 19.0. The summed E-state index contributed by atoms with van der Waals surface area (Å²) in [6.45, 7) is 3.22. The fourth-order valence-electron chi connectivity index (χ4n) is 1.70. The van der Waals surface area contributed by atoms with Crippen LogP contribution in [0.15, 0.2) is 60.7 Å². The molecule has 0 bridgehead atoms. The van der Waals surface area contributed by atoms with Gasteiger partial charge in [-0.15, -0.1) is 9.42 Å². The summed E-state index contributed by atoms with van der Waals surface area (Å²) in [5.41, 5.74) is 2.55. The normalized spacial score (nSPS) is 11.7. The molecular formula is C17H20O5P+. The van der Waals surface area contributed by atoms with Crippen molar-refractivity contribution in [2.24, 2.45) is 0 Å². The molecule has 23 heavy (non-hydrogen) atoms. The van der Waals surface area contributed by atoms with Gasteiger partial charge in [0.25, 0.3) is 0 Å². The van der Waals surface area contributed by atoms with Crippen molar-refractivity contribution in [1.82, 2.24) is 0 Å². The van der Waals surface area contributed by atoms with E-state index in [1.165, 1.54) is 18.1 Å². The Labute approximate surface area is 136 Å². The maximum atomic E-state index is 10.7. The van der Waals surface area contributed by atoms with Gasteiger partial charge in [0, 0.05) is 4.57 Å². The molecule has 2 aromatic carbocycles. The van der Waals surface area contributed by atoms with Crippen LogP contribution in [-0.2, 0) is 18.6 Å². The molecule has 0 aromatic heterocycles. The minimum Gasteiger partial charge on any atom is -0.464 e. The van der Waals surface area contributed by atoms with Crippen LogP contribution in [0.4, 0.5) is 0 Å². The number of carbonyl (C=O) groups is 1. The predicted molar refractivity (Wildman–Crippen MR) is 88.9 cm³/mol. The molecule has 0 amide bonds. The summed E-state index contributed by atoms with van der Waals surface area (Å²) < 4.78 is 18.8. The zero-order valence-corrected chi connectivity index (χ0v) is 14.0. The number of hydrogen-bond donors (Lipinski definition) is 1. The van der Waals surface area contributed by atoms with Crippen molar-refractivity contribution in [2.75, 3.05) is 6.61 Å². The highest BCUT2D eigenvalue weighted by molar-refractivity contribution is 7.32. The molecule has 2 rings (SSSR count). The summed E-state index contributed by atoms with van der Waals surface area (Å²) >= 11 is 0. The van der Waals surface area contributed by atoms with E-state index in [2.05, 4.69) is 57.8 Å². The number of rotatable bonds is 5. The maximum absolute atomic E-state index is 10.7. The zero-order chi connectivity index (χ0) is 17.1. The molecular weight excluding hydrogens is 315 g/mol. The number of hydrogen-bond acceptors (Lipinski definition) is 4. The standard InChI is InChI=1S/C12H10.C5H9O5P/c1-3-7-11(8-4-1)12-9-5-2-6-10-12;1-3-9-5(6)4(2)10-11(7)8/h1-10H;4H,3H2,1-2H3/p+1.